The van der Waals surface area contributed by atoms with Crippen LogP contribution >= 0.6 is 0 Å². The summed E-state index contributed by atoms with van der Waals surface area (Å²) in [5.41, 5.74) is 1.35. The van der Waals surface area contributed by atoms with Gasteiger partial charge in [-0.05, 0) is 38.8 Å². The van der Waals surface area contributed by atoms with E-state index in [1.165, 1.54) is 5.57 Å². The summed E-state index contributed by atoms with van der Waals surface area (Å²) in [4.78, 5) is 0. The second kappa shape index (κ2) is 5.49. The predicted molar refractivity (Wildman–Crippen MR) is 76.3 cm³/mol. The summed E-state index contributed by atoms with van der Waals surface area (Å²) in [5, 5.41) is 19.5. The highest BCUT2D eigenvalue weighted by molar-refractivity contribution is 5.65. The van der Waals surface area contributed by atoms with E-state index >= 15 is 0 Å². The largest absolute Gasteiger partial charge is 0.504 e. The van der Waals surface area contributed by atoms with Crippen LogP contribution in [0.5, 0.6) is 11.5 Å². The minimum absolute atomic E-state index is 0.103. The first kappa shape index (κ1) is 13.7. The Balaban J connectivity index is 2.21. The van der Waals surface area contributed by atoms with Crippen molar-refractivity contribution < 1.29 is 14.9 Å². The second-order valence-corrected chi connectivity index (χ2v) is 5.17. The van der Waals surface area contributed by atoms with Gasteiger partial charge in [0, 0.05) is 5.56 Å². The maximum Gasteiger partial charge on any atom is 0.169 e. The molecule has 1 aliphatic rings. The van der Waals surface area contributed by atoms with Gasteiger partial charge in [-0.15, -0.1) is 0 Å². The van der Waals surface area contributed by atoms with E-state index in [1.54, 1.807) is 12.1 Å². The highest BCUT2D eigenvalue weighted by Gasteiger charge is 2.32. The Morgan fingerprint density at radius 1 is 1.37 bits per heavy atom. The molecule has 2 rings (SSSR count). The van der Waals surface area contributed by atoms with E-state index in [1.807, 2.05) is 32.1 Å². The Hall–Kier alpha value is -1.74. The van der Waals surface area contributed by atoms with E-state index in [9.17, 15) is 10.2 Å². The summed E-state index contributed by atoms with van der Waals surface area (Å²) in [6.45, 7) is 3.99. The maximum absolute atomic E-state index is 9.85. The molecule has 0 bridgehead atoms. The fourth-order valence-electron chi connectivity index (χ4n) is 2.17. The topological polar surface area (TPSA) is 49.7 Å². The number of phenolic OH excluding ortho intramolecular Hbond substituents is 1. The van der Waals surface area contributed by atoms with E-state index in [0.29, 0.717) is 12.2 Å². The second-order valence-electron chi connectivity index (χ2n) is 5.17. The van der Waals surface area contributed by atoms with Crippen molar-refractivity contribution in [1.29, 1.82) is 0 Å². The van der Waals surface area contributed by atoms with Crippen LogP contribution in [0, 0.1) is 0 Å². The third-order valence-corrected chi connectivity index (χ3v) is 3.28. The summed E-state index contributed by atoms with van der Waals surface area (Å²) in [7, 11) is 0. The molecule has 2 N–H and O–H groups in total. The molecule has 0 aromatic heterocycles. The van der Waals surface area contributed by atoms with E-state index in [-0.39, 0.29) is 12.4 Å². The fraction of sp³-hybridized carbons (Fsp3) is 0.375. The first-order chi connectivity index (χ1) is 9.06. The summed E-state index contributed by atoms with van der Waals surface area (Å²) < 4.78 is 5.87. The van der Waals surface area contributed by atoms with E-state index < -0.39 is 5.60 Å². The van der Waals surface area contributed by atoms with Crippen molar-refractivity contribution in [3.8, 4) is 11.5 Å². The van der Waals surface area contributed by atoms with E-state index in [4.69, 9.17) is 4.74 Å². The normalized spacial score (nSPS) is 20.6. The molecule has 1 aromatic rings. The fourth-order valence-corrected chi connectivity index (χ4v) is 2.17. The van der Waals surface area contributed by atoms with Crippen molar-refractivity contribution in [3.63, 3.8) is 0 Å². The number of hydrogen-bond acceptors (Lipinski definition) is 3. The lowest BCUT2D eigenvalue weighted by molar-refractivity contribution is 0.0397. The highest BCUT2D eigenvalue weighted by atomic mass is 16.5. The lowest BCUT2D eigenvalue weighted by atomic mass is 9.93. The Bertz CT molecular complexity index is 513. The zero-order chi connectivity index (χ0) is 13.9. The quantitative estimate of drug-likeness (QED) is 0.817. The number of aliphatic hydroxyl groups is 1. The minimum Gasteiger partial charge on any atom is -0.504 e. The number of phenols is 1. The minimum atomic E-state index is -0.738. The van der Waals surface area contributed by atoms with Gasteiger partial charge in [0.2, 0.25) is 0 Å². The van der Waals surface area contributed by atoms with Gasteiger partial charge in [-0.25, -0.2) is 0 Å². The van der Waals surface area contributed by atoms with Crippen LogP contribution in [0.1, 0.15) is 32.3 Å². The number of ether oxygens (including phenoxy) is 1. The number of rotatable bonds is 4. The lowest BCUT2D eigenvalue weighted by Gasteiger charge is -2.33. The van der Waals surface area contributed by atoms with Gasteiger partial charge in [0.1, 0.15) is 0 Å². The average Bonchev–Trinajstić information content (AvgIpc) is 2.39. The molecule has 0 saturated carbocycles. The Labute approximate surface area is 113 Å². The number of aliphatic hydroxyl groups excluding tert-OH is 1. The standard InChI is InChI=1S/C16H20O3/c1-12(2)5-4-9-16(11-17)10-8-13-6-3-7-14(18)15(13)19-16/h3,5-8,10,17-18H,4,9,11H2,1-2H3. The number of para-hydroxylation sites is 1. The van der Waals surface area contributed by atoms with Crippen LogP contribution in [0.25, 0.3) is 6.08 Å². The van der Waals surface area contributed by atoms with E-state index in [2.05, 4.69) is 6.08 Å². The van der Waals surface area contributed by atoms with Crippen LogP contribution in [-0.4, -0.2) is 22.4 Å². The number of fused-ring (bicyclic) bond motifs is 1. The number of aromatic hydroxyl groups is 1. The highest BCUT2D eigenvalue weighted by Crippen LogP contribution is 2.39. The molecule has 19 heavy (non-hydrogen) atoms. The molecule has 3 heteroatoms. The van der Waals surface area contributed by atoms with Crippen molar-refractivity contribution in [3.05, 3.63) is 41.5 Å². The summed E-state index contributed by atoms with van der Waals surface area (Å²) in [5.74, 6) is 0.568. The molecule has 0 fully saturated rings. The molecule has 0 amide bonds. The molecule has 0 saturated heterocycles. The molecule has 0 radical (unpaired) electrons. The molecule has 1 unspecified atom stereocenters. The molecule has 0 spiro atoms. The van der Waals surface area contributed by atoms with Crippen molar-refractivity contribution in [2.24, 2.45) is 0 Å². The third-order valence-electron chi connectivity index (χ3n) is 3.28. The Kier molecular flexibility index (Phi) is 3.96. The van der Waals surface area contributed by atoms with Crippen LogP contribution in [0.4, 0.5) is 0 Å². The molecular weight excluding hydrogens is 240 g/mol. The molecule has 1 aliphatic heterocycles. The smallest absolute Gasteiger partial charge is 0.169 e. The first-order valence-corrected chi connectivity index (χ1v) is 6.51. The summed E-state index contributed by atoms with van der Waals surface area (Å²) in [6.07, 6.45) is 7.41. The summed E-state index contributed by atoms with van der Waals surface area (Å²) in [6, 6.07) is 5.25. The predicted octanol–water partition coefficient (Wildman–Crippen LogP) is 3.28. The molecule has 1 heterocycles. The van der Waals surface area contributed by atoms with Gasteiger partial charge in [0.15, 0.2) is 17.1 Å². The van der Waals surface area contributed by atoms with Gasteiger partial charge in [-0.3, -0.25) is 0 Å². The number of allylic oxidation sites excluding steroid dienone is 2. The van der Waals surface area contributed by atoms with E-state index in [0.717, 1.165) is 12.0 Å². The van der Waals surface area contributed by atoms with Gasteiger partial charge < -0.3 is 14.9 Å². The SMILES string of the molecule is CC(C)=CCCC1(CO)C=Cc2cccc(O)c2O1. The van der Waals surface area contributed by atoms with Crippen molar-refractivity contribution in [1.82, 2.24) is 0 Å². The van der Waals surface area contributed by atoms with Gasteiger partial charge in [0.25, 0.3) is 0 Å². The molecule has 0 aliphatic carbocycles. The van der Waals surface area contributed by atoms with Crippen LogP contribution in [0.2, 0.25) is 0 Å². The molecule has 3 nitrogen and oxygen atoms in total. The van der Waals surface area contributed by atoms with Crippen LogP contribution in [0.15, 0.2) is 35.9 Å². The maximum atomic E-state index is 9.85. The molecule has 102 valence electrons. The van der Waals surface area contributed by atoms with Crippen molar-refractivity contribution in [2.45, 2.75) is 32.3 Å². The number of benzene rings is 1. The molecule has 1 aromatic carbocycles. The Morgan fingerprint density at radius 2 is 2.16 bits per heavy atom. The Morgan fingerprint density at radius 3 is 2.84 bits per heavy atom. The molecule has 1 atom stereocenters. The zero-order valence-electron chi connectivity index (χ0n) is 11.4. The van der Waals surface area contributed by atoms with Crippen molar-refractivity contribution >= 4 is 6.08 Å². The van der Waals surface area contributed by atoms with Gasteiger partial charge in [-0.2, -0.15) is 0 Å². The third kappa shape index (κ3) is 2.99. The average molecular weight is 260 g/mol. The van der Waals surface area contributed by atoms with Crippen LogP contribution in [-0.2, 0) is 0 Å². The molecular formula is C16H20O3. The summed E-state index contributed by atoms with van der Waals surface area (Å²) >= 11 is 0. The lowest BCUT2D eigenvalue weighted by Crippen LogP contribution is -2.39. The van der Waals surface area contributed by atoms with Crippen LogP contribution < -0.4 is 4.74 Å². The van der Waals surface area contributed by atoms with Gasteiger partial charge in [0.05, 0.1) is 6.61 Å². The number of hydrogen-bond donors (Lipinski definition) is 2. The van der Waals surface area contributed by atoms with Crippen molar-refractivity contribution in [2.75, 3.05) is 6.61 Å². The monoisotopic (exact) mass is 260 g/mol. The van der Waals surface area contributed by atoms with Gasteiger partial charge >= 0.3 is 0 Å². The zero-order valence-corrected chi connectivity index (χ0v) is 11.4. The first-order valence-electron chi connectivity index (χ1n) is 6.51. The van der Waals surface area contributed by atoms with Gasteiger partial charge in [-0.1, -0.05) is 29.9 Å². The van der Waals surface area contributed by atoms with Crippen LogP contribution in [0.3, 0.4) is 0 Å².